The second-order valence-electron chi connectivity index (χ2n) is 20.3. The SMILES string of the molecule is CC(CCC(=O)O[Si](C)(C)C)C1CC[C@@]2(O[Si](C)(C)C)C3C(CCC12C)C1(C)CC[C@@H](O[Si](C)(C)C)CC1C[C@@H]3O[Si](C)(C)C. The quantitative estimate of drug-likeness (QED) is 0.201. The highest BCUT2D eigenvalue weighted by Crippen LogP contribution is 2.72. The Morgan fingerprint density at radius 1 is 0.756 bits per heavy atom. The molecule has 0 saturated heterocycles. The molecule has 262 valence electrons. The van der Waals surface area contributed by atoms with Crippen molar-refractivity contribution in [3.8, 4) is 0 Å². The molecule has 4 aliphatic rings. The van der Waals surface area contributed by atoms with Crippen molar-refractivity contribution in [1.29, 1.82) is 0 Å². The molecule has 7 unspecified atom stereocenters. The summed E-state index contributed by atoms with van der Waals surface area (Å²) < 4.78 is 27.8. The minimum atomic E-state index is -1.91. The van der Waals surface area contributed by atoms with Gasteiger partial charge in [-0.15, -0.1) is 0 Å². The maximum atomic E-state index is 12.8. The topological polar surface area (TPSA) is 54.0 Å². The van der Waals surface area contributed by atoms with Gasteiger partial charge in [-0.05, 0) is 171 Å². The van der Waals surface area contributed by atoms with Gasteiger partial charge in [-0.3, -0.25) is 4.79 Å². The van der Waals surface area contributed by atoms with Gasteiger partial charge in [0.1, 0.15) is 0 Å². The molecule has 9 heteroatoms. The van der Waals surface area contributed by atoms with E-state index < -0.39 is 33.3 Å². The molecule has 45 heavy (non-hydrogen) atoms. The van der Waals surface area contributed by atoms with Crippen molar-refractivity contribution >= 4 is 39.2 Å². The summed E-state index contributed by atoms with van der Waals surface area (Å²) in [6.45, 7) is 35.5. The molecular weight excluding hydrogens is 625 g/mol. The lowest BCUT2D eigenvalue weighted by Gasteiger charge is -2.68. The van der Waals surface area contributed by atoms with E-state index in [1.807, 2.05) is 0 Å². The first-order valence-corrected chi connectivity index (χ1v) is 32.2. The molecular formula is C36H72O5Si4. The maximum Gasteiger partial charge on any atom is 0.292 e. The van der Waals surface area contributed by atoms with Gasteiger partial charge in [0.15, 0.2) is 25.0 Å². The summed E-state index contributed by atoms with van der Waals surface area (Å²) >= 11 is 0. The lowest BCUT2D eigenvalue weighted by atomic mass is 9.42. The highest BCUT2D eigenvalue weighted by Gasteiger charge is 2.71. The van der Waals surface area contributed by atoms with Gasteiger partial charge in [0.25, 0.3) is 5.97 Å². The molecule has 4 fully saturated rings. The molecule has 4 aliphatic carbocycles. The van der Waals surface area contributed by atoms with Gasteiger partial charge in [0.2, 0.25) is 8.32 Å². The van der Waals surface area contributed by atoms with Gasteiger partial charge in [0.05, 0.1) is 11.7 Å². The third kappa shape index (κ3) is 8.34. The van der Waals surface area contributed by atoms with Crippen LogP contribution >= 0.6 is 0 Å². The second-order valence-corrected chi connectivity index (χ2v) is 38.1. The Morgan fingerprint density at radius 3 is 1.93 bits per heavy atom. The van der Waals surface area contributed by atoms with Gasteiger partial charge >= 0.3 is 0 Å². The Hall–Kier alpha value is 0.218. The van der Waals surface area contributed by atoms with Crippen molar-refractivity contribution in [1.82, 2.24) is 0 Å². The van der Waals surface area contributed by atoms with E-state index in [-0.39, 0.29) is 23.1 Å². The van der Waals surface area contributed by atoms with Crippen LogP contribution in [0.4, 0.5) is 0 Å². The summed E-state index contributed by atoms with van der Waals surface area (Å²) in [5, 5.41) is 0. The predicted molar refractivity (Wildman–Crippen MR) is 199 cm³/mol. The van der Waals surface area contributed by atoms with Crippen molar-refractivity contribution in [3.05, 3.63) is 0 Å². The third-order valence-corrected chi connectivity index (χ3v) is 16.1. The van der Waals surface area contributed by atoms with Gasteiger partial charge in [-0.1, -0.05) is 20.8 Å². The molecule has 0 spiro atoms. The van der Waals surface area contributed by atoms with Crippen LogP contribution in [0.5, 0.6) is 0 Å². The fraction of sp³-hybridized carbons (Fsp3) is 0.972. The number of carbonyl (C=O) groups is 1. The Morgan fingerprint density at radius 2 is 1.38 bits per heavy atom. The van der Waals surface area contributed by atoms with E-state index in [1.54, 1.807) is 0 Å². The van der Waals surface area contributed by atoms with E-state index in [1.165, 1.54) is 38.5 Å². The molecule has 0 aliphatic heterocycles. The van der Waals surface area contributed by atoms with Crippen LogP contribution in [-0.4, -0.2) is 57.0 Å². The first-order valence-electron chi connectivity index (χ1n) is 18.6. The van der Waals surface area contributed by atoms with Crippen molar-refractivity contribution < 1.29 is 22.5 Å². The monoisotopic (exact) mass is 696 g/mol. The molecule has 10 atom stereocenters. The average Bonchev–Trinajstić information content (AvgIpc) is 3.11. The van der Waals surface area contributed by atoms with Gasteiger partial charge < -0.3 is 17.7 Å². The molecule has 0 aromatic rings. The molecule has 0 N–H and O–H groups in total. The number of hydrogen-bond acceptors (Lipinski definition) is 5. The molecule has 0 bridgehead atoms. The zero-order valence-electron chi connectivity index (χ0n) is 32.2. The maximum absolute atomic E-state index is 12.8. The van der Waals surface area contributed by atoms with Crippen LogP contribution < -0.4 is 0 Å². The number of rotatable bonds is 11. The Balaban J connectivity index is 1.71. The summed E-state index contributed by atoms with van der Waals surface area (Å²) in [6.07, 6.45) is 11.8. The number of hydrogen-bond donors (Lipinski definition) is 0. The molecule has 0 radical (unpaired) electrons. The van der Waals surface area contributed by atoms with Crippen LogP contribution in [0.3, 0.4) is 0 Å². The largest absolute Gasteiger partial charge is 0.520 e. The fourth-order valence-electron chi connectivity index (χ4n) is 11.0. The van der Waals surface area contributed by atoms with Crippen LogP contribution in [0.25, 0.3) is 0 Å². The first-order chi connectivity index (χ1) is 20.3. The number of carbonyl (C=O) groups excluding carboxylic acids is 1. The summed E-state index contributed by atoms with van der Waals surface area (Å²) in [4.78, 5) is 12.8. The zero-order chi connectivity index (χ0) is 34.0. The summed E-state index contributed by atoms with van der Waals surface area (Å²) in [5.74, 6) is 2.71. The third-order valence-electron chi connectivity index (χ3n) is 12.2. The van der Waals surface area contributed by atoms with Crippen molar-refractivity contribution in [2.45, 2.75) is 181 Å². The molecule has 4 rings (SSSR count). The van der Waals surface area contributed by atoms with Crippen molar-refractivity contribution in [2.24, 2.45) is 40.4 Å². The molecule has 0 aromatic carbocycles. The van der Waals surface area contributed by atoms with Gasteiger partial charge in [-0.25, -0.2) is 0 Å². The molecule has 0 amide bonds. The molecule has 0 aromatic heterocycles. The molecule has 5 nitrogen and oxygen atoms in total. The summed E-state index contributed by atoms with van der Waals surface area (Å²) in [6, 6.07) is 0. The van der Waals surface area contributed by atoms with Gasteiger partial charge in [0, 0.05) is 18.4 Å². The zero-order valence-corrected chi connectivity index (χ0v) is 36.2. The van der Waals surface area contributed by atoms with E-state index in [2.05, 4.69) is 99.3 Å². The number of fused-ring (bicyclic) bond motifs is 5. The van der Waals surface area contributed by atoms with Crippen LogP contribution in [0.1, 0.15) is 85.0 Å². The Labute approximate surface area is 282 Å². The lowest BCUT2D eigenvalue weighted by molar-refractivity contribution is -0.233. The fourth-order valence-corrected chi connectivity index (χ4v) is 15.7. The minimum Gasteiger partial charge on any atom is -0.520 e. The van der Waals surface area contributed by atoms with E-state index in [4.69, 9.17) is 17.7 Å². The summed E-state index contributed by atoms with van der Waals surface area (Å²) in [7, 11) is -7.20. The first kappa shape index (κ1) is 38.0. The molecule has 4 saturated carbocycles. The highest BCUT2D eigenvalue weighted by atomic mass is 28.4. The summed E-state index contributed by atoms with van der Waals surface area (Å²) in [5.41, 5.74) is 0.228. The smallest absolute Gasteiger partial charge is 0.292 e. The standard InChI is InChI=1S/C36H72O5Si4/c1-26(16-17-32(37)40-44(10,11)12)29-20-23-36(41-45(13,14)15)33-30(19-22-35(29,36)3)34(2)21-18-28(38-42(4,5)6)24-27(34)25-31(33)39-43(7,8)9/h26-31,33H,16-25H2,1-15H3/t26?,27?,28-,29?,30?,31+,33?,34?,35?,36-/m1/s1. The van der Waals surface area contributed by atoms with E-state index in [0.29, 0.717) is 47.5 Å². The van der Waals surface area contributed by atoms with E-state index in [0.717, 1.165) is 19.3 Å². The second kappa shape index (κ2) is 12.8. The Kier molecular flexibility index (Phi) is 10.8. The lowest BCUT2D eigenvalue weighted by Crippen LogP contribution is -2.69. The van der Waals surface area contributed by atoms with Crippen molar-refractivity contribution in [2.75, 3.05) is 0 Å². The minimum absolute atomic E-state index is 0.000966. The van der Waals surface area contributed by atoms with Crippen LogP contribution in [-0.2, 0) is 22.5 Å². The predicted octanol–water partition coefficient (Wildman–Crippen LogP) is 10.5. The average molecular weight is 697 g/mol. The van der Waals surface area contributed by atoms with E-state index >= 15 is 0 Å². The molecule has 0 heterocycles. The van der Waals surface area contributed by atoms with Gasteiger partial charge in [-0.2, -0.15) is 0 Å². The van der Waals surface area contributed by atoms with Crippen LogP contribution in [0.2, 0.25) is 78.6 Å². The highest BCUT2D eigenvalue weighted by molar-refractivity contribution is 6.71. The normalized spacial score (nSPS) is 39.9. The Bertz CT molecular complexity index is 1060. The van der Waals surface area contributed by atoms with E-state index in [9.17, 15) is 4.79 Å². The van der Waals surface area contributed by atoms with Crippen LogP contribution in [0.15, 0.2) is 0 Å². The van der Waals surface area contributed by atoms with Crippen molar-refractivity contribution in [3.63, 3.8) is 0 Å². The van der Waals surface area contributed by atoms with Crippen LogP contribution in [0, 0.1) is 40.4 Å².